The summed E-state index contributed by atoms with van der Waals surface area (Å²) >= 11 is 0. The van der Waals surface area contributed by atoms with Gasteiger partial charge in [0.1, 0.15) is 19.3 Å². The van der Waals surface area contributed by atoms with Crippen molar-refractivity contribution in [2.75, 3.05) is 39.6 Å². The first-order valence-corrected chi connectivity index (χ1v) is 45.2. The van der Waals surface area contributed by atoms with Gasteiger partial charge in [0.15, 0.2) is 12.2 Å². The lowest BCUT2D eigenvalue weighted by Crippen LogP contribution is -2.30. The quantitative estimate of drug-likeness (QED) is 0.0222. The zero-order chi connectivity index (χ0) is 73.4. The molecular formula is C81H158O17P2. The van der Waals surface area contributed by atoms with Crippen LogP contribution in [0.4, 0.5) is 0 Å². The van der Waals surface area contributed by atoms with Crippen molar-refractivity contribution in [3.63, 3.8) is 0 Å². The van der Waals surface area contributed by atoms with Gasteiger partial charge in [-0.1, -0.05) is 381 Å². The Morgan fingerprint density at radius 1 is 0.280 bits per heavy atom. The minimum Gasteiger partial charge on any atom is -0.462 e. The molecule has 0 saturated carbocycles. The highest BCUT2D eigenvalue weighted by atomic mass is 31.2. The van der Waals surface area contributed by atoms with Gasteiger partial charge in [-0.15, -0.1) is 0 Å². The Morgan fingerprint density at radius 3 is 0.710 bits per heavy atom. The number of hydrogen-bond donors (Lipinski definition) is 3. The molecule has 0 aliphatic heterocycles. The van der Waals surface area contributed by atoms with Crippen molar-refractivity contribution in [3.05, 3.63) is 0 Å². The molecule has 3 N–H and O–H groups in total. The summed E-state index contributed by atoms with van der Waals surface area (Å²) in [5, 5.41) is 10.6. The Balaban J connectivity index is 5.18. The molecule has 0 aliphatic carbocycles. The number of unbranched alkanes of at least 4 members (excludes halogenated alkanes) is 52. The molecule has 0 aromatic heterocycles. The van der Waals surface area contributed by atoms with Crippen LogP contribution in [0, 0.1) is 5.92 Å². The summed E-state index contributed by atoms with van der Waals surface area (Å²) in [6, 6.07) is 0. The van der Waals surface area contributed by atoms with Gasteiger partial charge in [-0.2, -0.15) is 0 Å². The summed E-state index contributed by atoms with van der Waals surface area (Å²) in [6.45, 7) is 7.38. The highest BCUT2D eigenvalue weighted by Gasteiger charge is 2.30. The molecule has 0 spiro atoms. The monoisotopic (exact) mass is 1470 g/mol. The van der Waals surface area contributed by atoms with Gasteiger partial charge in [-0.3, -0.25) is 37.3 Å². The fourth-order valence-corrected chi connectivity index (χ4v) is 14.1. The van der Waals surface area contributed by atoms with E-state index < -0.39 is 97.5 Å². The zero-order valence-electron chi connectivity index (χ0n) is 65.3. The van der Waals surface area contributed by atoms with Crippen molar-refractivity contribution in [2.24, 2.45) is 5.92 Å². The number of phosphoric acid groups is 2. The van der Waals surface area contributed by atoms with Crippen LogP contribution in [0.1, 0.15) is 433 Å². The van der Waals surface area contributed by atoms with Crippen LogP contribution in [0.25, 0.3) is 0 Å². The molecule has 17 nitrogen and oxygen atoms in total. The Bertz CT molecular complexity index is 1910. The van der Waals surface area contributed by atoms with Gasteiger partial charge in [-0.25, -0.2) is 9.13 Å². The first-order chi connectivity index (χ1) is 48.6. The molecule has 0 aliphatic rings. The molecule has 0 aromatic carbocycles. The lowest BCUT2D eigenvalue weighted by atomic mass is 9.99. The molecule has 3 unspecified atom stereocenters. The molecule has 100 heavy (non-hydrogen) atoms. The third-order valence-corrected chi connectivity index (χ3v) is 21.3. The van der Waals surface area contributed by atoms with Crippen LogP contribution >= 0.6 is 15.6 Å². The molecule has 0 rings (SSSR count). The van der Waals surface area contributed by atoms with E-state index in [1.807, 2.05) is 0 Å². The Hall–Kier alpha value is -1.94. The second-order valence-corrected chi connectivity index (χ2v) is 32.3. The fraction of sp³-hybridized carbons (Fsp3) is 0.951. The van der Waals surface area contributed by atoms with E-state index in [2.05, 4.69) is 34.6 Å². The number of hydrogen-bond acceptors (Lipinski definition) is 15. The minimum atomic E-state index is -4.96. The van der Waals surface area contributed by atoms with Crippen LogP contribution in [-0.2, 0) is 65.4 Å². The van der Waals surface area contributed by atoms with E-state index in [0.29, 0.717) is 25.7 Å². The second kappa shape index (κ2) is 73.9. The van der Waals surface area contributed by atoms with Gasteiger partial charge in [0.2, 0.25) is 0 Å². The lowest BCUT2D eigenvalue weighted by molar-refractivity contribution is -0.161. The minimum absolute atomic E-state index is 0.108. The molecule has 0 fully saturated rings. The number of carbonyl (C=O) groups excluding carboxylic acids is 4. The van der Waals surface area contributed by atoms with Crippen LogP contribution in [0.2, 0.25) is 0 Å². The molecule has 0 radical (unpaired) electrons. The van der Waals surface area contributed by atoms with Crippen LogP contribution in [0.15, 0.2) is 0 Å². The first kappa shape index (κ1) is 98.1. The second-order valence-electron chi connectivity index (χ2n) is 29.4. The van der Waals surface area contributed by atoms with Crippen molar-refractivity contribution in [1.82, 2.24) is 0 Å². The van der Waals surface area contributed by atoms with Crippen molar-refractivity contribution >= 4 is 39.5 Å². The zero-order valence-corrected chi connectivity index (χ0v) is 67.1. The number of rotatable bonds is 81. The van der Waals surface area contributed by atoms with Gasteiger partial charge >= 0.3 is 39.5 Å². The third kappa shape index (κ3) is 73.0. The van der Waals surface area contributed by atoms with E-state index in [9.17, 15) is 43.2 Å². The predicted octanol–water partition coefficient (Wildman–Crippen LogP) is 24.4. The van der Waals surface area contributed by atoms with Gasteiger partial charge in [0, 0.05) is 25.7 Å². The number of esters is 4. The number of ether oxygens (including phenoxy) is 4. The number of aliphatic hydroxyl groups is 1. The summed E-state index contributed by atoms with van der Waals surface area (Å²) in [5.74, 6) is -1.24. The smallest absolute Gasteiger partial charge is 0.462 e. The van der Waals surface area contributed by atoms with Gasteiger partial charge in [-0.05, 0) is 31.6 Å². The lowest BCUT2D eigenvalue weighted by Gasteiger charge is -2.21. The van der Waals surface area contributed by atoms with E-state index in [1.165, 1.54) is 257 Å². The van der Waals surface area contributed by atoms with E-state index in [-0.39, 0.29) is 25.7 Å². The summed E-state index contributed by atoms with van der Waals surface area (Å²) in [6.07, 6.45) is 65.2. The first-order valence-electron chi connectivity index (χ1n) is 42.2. The fourth-order valence-electron chi connectivity index (χ4n) is 12.6. The van der Waals surface area contributed by atoms with Crippen LogP contribution in [0.5, 0.6) is 0 Å². The maximum Gasteiger partial charge on any atom is 0.472 e. The third-order valence-electron chi connectivity index (χ3n) is 19.4. The maximum absolute atomic E-state index is 13.1. The van der Waals surface area contributed by atoms with Gasteiger partial charge in [0.25, 0.3) is 0 Å². The molecule has 0 heterocycles. The van der Waals surface area contributed by atoms with Crippen LogP contribution in [-0.4, -0.2) is 96.7 Å². The Kier molecular flexibility index (Phi) is 72.5. The SMILES string of the molecule is CCCCCCCCCCCCCCCCCC(=O)OC[C@H](COP(=O)(O)OC[C@@H](O)COP(=O)(O)OC[C@@H](COC(=O)CCCCCCCCCC)OC(=O)CCCCCCCCCCCCCCCCC)OC(=O)CCCCCCCCCCCCCCCCCCCCC(C)CC. The van der Waals surface area contributed by atoms with E-state index >= 15 is 0 Å². The highest BCUT2D eigenvalue weighted by Crippen LogP contribution is 2.45. The number of carbonyl (C=O) groups is 4. The largest absolute Gasteiger partial charge is 0.472 e. The molecule has 19 heteroatoms. The molecule has 0 aromatic rings. The van der Waals surface area contributed by atoms with Gasteiger partial charge < -0.3 is 33.8 Å². The molecule has 0 bridgehead atoms. The molecule has 0 amide bonds. The maximum atomic E-state index is 13.1. The van der Waals surface area contributed by atoms with Crippen molar-refractivity contribution in [1.29, 1.82) is 0 Å². The summed E-state index contributed by atoms with van der Waals surface area (Å²) in [4.78, 5) is 72.9. The van der Waals surface area contributed by atoms with Gasteiger partial charge in [0.05, 0.1) is 26.4 Å². The molecule has 0 saturated heterocycles. The van der Waals surface area contributed by atoms with Crippen molar-refractivity contribution < 1.29 is 80.2 Å². The summed E-state index contributed by atoms with van der Waals surface area (Å²) in [7, 11) is -9.91. The Morgan fingerprint density at radius 2 is 0.480 bits per heavy atom. The van der Waals surface area contributed by atoms with E-state index in [0.717, 1.165) is 95.8 Å². The van der Waals surface area contributed by atoms with Crippen molar-refractivity contribution in [2.45, 2.75) is 451 Å². The summed E-state index contributed by atoms with van der Waals surface area (Å²) in [5.41, 5.74) is 0. The van der Waals surface area contributed by atoms with Crippen molar-refractivity contribution in [3.8, 4) is 0 Å². The average molecular weight is 1470 g/mol. The van der Waals surface area contributed by atoms with Crippen LogP contribution in [0.3, 0.4) is 0 Å². The Labute approximate surface area is 613 Å². The standard InChI is InChI=1S/C81H158O17P2/c1-6-10-13-16-19-22-24-26-32-37-41-45-50-55-60-65-79(84)92-71-77(98-81(86)67-62-57-52-47-43-39-35-31-29-28-30-34-36-40-44-48-53-58-63-74(5)9-4)73-96-100(89,90)94-69-75(82)68-93-99(87,88)95-72-76(70-91-78(83)64-59-54-49-21-18-15-12-8-3)97-80(85)66-61-56-51-46-42-38-33-27-25-23-20-17-14-11-7-2/h74-77,82H,6-73H2,1-5H3,(H,87,88)(H,89,90)/t74?,75-,76+,77+/m0/s1. The number of phosphoric ester groups is 2. The topological polar surface area (TPSA) is 237 Å². The predicted molar refractivity (Wildman–Crippen MR) is 409 cm³/mol. The average Bonchev–Trinajstić information content (AvgIpc) is 0.953. The highest BCUT2D eigenvalue weighted by molar-refractivity contribution is 7.47. The number of aliphatic hydroxyl groups excluding tert-OH is 1. The van der Waals surface area contributed by atoms with E-state index in [4.69, 9.17) is 37.0 Å². The normalized spacial score (nSPS) is 14.1. The summed E-state index contributed by atoms with van der Waals surface area (Å²) < 4.78 is 68.6. The molecular weight excluding hydrogens is 1310 g/mol. The van der Waals surface area contributed by atoms with Crippen LogP contribution < -0.4 is 0 Å². The molecule has 6 atom stereocenters. The molecule has 594 valence electrons. The van der Waals surface area contributed by atoms with E-state index in [1.54, 1.807) is 0 Å².